The SMILES string of the molecule is O=C(O)c1ccc(N(O)Cc2ccc(F)cc2)cn1. The lowest BCUT2D eigenvalue weighted by molar-refractivity contribution is 0.0690. The summed E-state index contributed by atoms with van der Waals surface area (Å²) in [7, 11) is 0. The average molecular weight is 262 g/mol. The van der Waals surface area contributed by atoms with E-state index in [1.807, 2.05) is 0 Å². The van der Waals surface area contributed by atoms with Crippen LogP contribution in [-0.2, 0) is 6.54 Å². The first kappa shape index (κ1) is 13.0. The number of carboxylic acids is 1. The standard InChI is InChI=1S/C13H11FN2O3/c14-10-3-1-9(2-4-10)8-16(19)11-5-6-12(13(17)18)15-7-11/h1-7,19H,8H2,(H,17,18). The van der Waals surface area contributed by atoms with Crippen LogP contribution < -0.4 is 5.06 Å². The molecule has 0 amide bonds. The first-order valence-corrected chi connectivity index (χ1v) is 5.46. The van der Waals surface area contributed by atoms with Gasteiger partial charge in [-0.2, -0.15) is 0 Å². The predicted octanol–water partition coefficient (Wildman–Crippen LogP) is 2.31. The van der Waals surface area contributed by atoms with Gasteiger partial charge in [-0.1, -0.05) is 12.1 Å². The minimum absolute atomic E-state index is 0.0982. The Morgan fingerprint density at radius 1 is 1.21 bits per heavy atom. The van der Waals surface area contributed by atoms with Crippen LogP contribution in [0.2, 0.25) is 0 Å². The van der Waals surface area contributed by atoms with Gasteiger partial charge in [0, 0.05) is 0 Å². The van der Waals surface area contributed by atoms with Gasteiger partial charge in [0.15, 0.2) is 0 Å². The van der Waals surface area contributed by atoms with Gasteiger partial charge >= 0.3 is 5.97 Å². The summed E-state index contributed by atoms with van der Waals surface area (Å²) in [5, 5.41) is 19.4. The Labute approximate surface area is 108 Å². The molecular formula is C13H11FN2O3. The van der Waals surface area contributed by atoms with Crippen LogP contribution in [0.15, 0.2) is 42.6 Å². The Morgan fingerprint density at radius 2 is 1.89 bits per heavy atom. The molecule has 2 aromatic rings. The number of hydroxylamine groups is 1. The zero-order chi connectivity index (χ0) is 13.8. The number of nitrogens with zero attached hydrogens (tertiary/aromatic N) is 2. The zero-order valence-electron chi connectivity index (χ0n) is 9.82. The van der Waals surface area contributed by atoms with Gasteiger partial charge in [-0.25, -0.2) is 14.2 Å². The van der Waals surface area contributed by atoms with Gasteiger partial charge in [0.25, 0.3) is 0 Å². The maximum atomic E-state index is 12.7. The van der Waals surface area contributed by atoms with Crippen LogP contribution in [0.25, 0.3) is 0 Å². The topological polar surface area (TPSA) is 73.7 Å². The molecule has 0 spiro atoms. The van der Waals surface area contributed by atoms with Crippen LogP contribution in [0.3, 0.4) is 0 Å². The number of carboxylic acid groups (broad SMARTS) is 1. The van der Waals surface area contributed by atoms with E-state index >= 15 is 0 Å². The molecule has 1 aromatic carbocycles. The Hall–Kier alpha value is -2.47. The molecule has 0 bridgehead atoms. The van der Waals surface area contributed by atoms with Crippen molar-refractivity contribution in [3.8, 4) is 0 Å². The third-order valence-electron chi connectivity index (χ3n) is 2.51. The molecule has 1 heterocycles. The Bertz CT molecular complexity index is 569. The summed E-state index contributed by atoms with van der Waals surface area (Å²) < 4.78 is 12.7. The van der Waals surface area contributed by atoms with Gasteiger partial charge in [0.2, 0.25) is 0 Å². The molecule has 0 radical (unpaired) electrons. The lowest BCUT2D eigenvalue weighted by atomic mass is 10.2. The number of pyridine rings is 1. The number of halogens is 1. The van der Waals surface area contributed by atoms with Crippen LogP contribution in [0.1, 0.15) is 16.1 Å². The number of hydrogen-bond donors (Lipinski definition) is 2. The molecule has 98 valence electrons. The van der Waals surface area contributed by atoms with Crippen molar-refractivity contribution in [3.05, 3.63) is 59.7 Å². The summed E-state index contributed by atoms with van der Waals surface area (Å²) in [6.45, 7) is 0.147. The normalized spacial score (nSPS) is 10.2. The molecule has 0 unspecified atom stereocenters. The maximum absolute atomic E-state index is 12.7. The fourth-order valence-electron chi connectivity index (χ4n) is 1.52. The van der Waals surface area contributed by atoms with Crippen LogP contribution in [0.4, 0.5) is 10.1 Å². The van der Waals surface area contributed by atoms with Crippen molar-refractivity contribution < 1.29 is 19.5 Å². The number of benzene rings is 1. The molecule has 19 heavy (non-hydrogen) atoms. The summed E-state index contributed by atoms with van der Waals surface area (Å²) >= 11 is 0. The summed E-state index contributed by atoms with van der Waals surface area (Å²) in [5.74, 6) is -1.48. The Morgan fingerprint density at radius 3 is 2.42 bits per heavy atom. The summed E-state index contributed by atoms with van der Waals surface area (Å²) in [4.78, 5) is 14.3. The molecule has 0 saturated carbocycles. The number of hydrogen-bond acceptors (Lipinski definition) is 4. The molecule has 6 heteroatoms. The summed E-state index contributed by atoms with van der Waals surface area (Å²) in [6.07, 6.45) is 1.26. The van der Waals surface area contributed by atoms with Crippen LogP contribution in [0, 0.1) is 5.82 Å². The van der Waals surface area contributed by atoms with Gasteiger partial charge in [0.05, 0.1) is 18.4 Å². The molecule has 0 aliphatic rings. The smallest absolute Gasteiger partial charge is 0.354 e. The maximum Gasteiger partial charge on any atom is 0.354 e. The minimum atomic E-state index is -1.13. The molecule has 2 N–H and O–H groups in total. The lowest BCUT2D eigenvalue weighted by Crippen LogP contribution is -2.17. The average Bonchev–Trinajstić information content (AvgIpc) is 2.41. The Kier molecular flexibility index (Phi) is 3.72. The molecule has 0 aliphatic heterocycles. The number of carbonyl (C=O) groups is 1. The zero-order valence-corrected chi connectivity index (χ0v) is 9.82. The van der Waals surface area contributed by atoms with E-state index in [-0.39, 0.29) is 18.1 Å². The van der Waals surface area contributed by atoms with Crippen LogP contribution >= 0.6 is 0 Å². The van der Waals surface area contributed by atoms with Gasteiger partial charge in [-0.15, -0.1) is 0 Å². The minimum Gasteiger partial charge on any atom is -0.477 e. The number of aromatic carboxylic acids is 1. The van der Waals surface area contributed by atoms with Crippen molar-refractivity contribution in [2.45, 2.75) is 6.54 Å². The van der Waals surface area contributed by atoms with E-state index in [1.54, 1.807) is 12.1 Å². The second-order valence-corrected chi connectivity index (χ2v) is 3.89. The van der Waals surface area contributed by atoms with E-state index in [1.165, 1.54) is 30.5 Å². The largest absolute Gasteiger partial charge is 0.477 e. The van der Waals surface area contributed by atoms with Crippen molar-refractivity contribution in [1.29, 1.82) is 0 Å². The monoisotopic (exact) mass is 262 g/mol. The van der Waals surface area contributed by atoms with Gasteiger partial charge < -0.3 is 5.11 Å². The van der Waals surface area contributed by atoms with Crippen LogP contribution in [0.5, 0.6) is 0 Å². The van der Waals surface area contributed by atoms with Crippen molar-refractivity contribution in [3.63, 3.8) is 0 Å². The molecular weight excluding hydrogens is 251 g/mol. The van der Waals surface area contributed by atoms with E-state index in [0.717, 1.165) is 5.06 Å². The summed E-state index contributed by atoms with van der Waals surface area (Å²) in [5.41, 5.74) is 0.972. The molecule has 5 nitrogen and oxygen atoms in total. The van der Waals surface area contributed by atoms with E-state index in [9.17, 15) is 14.4 Å². The van der Waals surface area contributed by atoms with E-state index in [2.05, 4.69) is 4.98 Å². The first-order chi connectivity index (χ1) is 9.06. The quantitative estimate of drug-likeness (QED) is 0.827. The second kappa shape index (κ2) is 5.45. The molecule has 0 atom stereocenters. The second-order valence-electron chi connectivity index (χ2n) is 3.89. The lowest BCUT2D eigenvalue weighted by Gasteiger charge is -2.16. The third kappa shape index (κ3) is 3.26. The van der Waals surface area contributed by atoms with Gasteiger partial charge in [0.1, 0.15) is 11.5 Å². The number of aromatic nitrogens is 1. The number of anilines is 1. The predicted molar refractivity (Wildman–Crippen MR) is 65.6 cm³/mol. The van der Waals surface area contributed by atoms with E-state index < -0.39 is 5.97 Å². The van der Waals surface area contributed by atoms with Crippen molar-refractivity contribution >= 4 is 11.7 Å². The highest BCUT2D eigenvalue weighted by molar-refractivity contribution is 5.85. The number of rotatable bonds is 4. The molecule has 0 aliphatic carbocycles. The van der Waals surface area contributed by atoms with E-state index in [4.69, 9.17) is 5.11 Å². The molecule has 0 fully saturated rings. The summed E-state index contributed by atoms with van der Waals surface area (Å²) in [6, 6.07) is 8.45. The van der Waals surface area contributed by atoms with Gasteiger partial charge in [-0.3, -0.25) is 10.3 Å². The third-order valence-corrected chi connectivity index (χ3v) is 2.51. The van der Waals surface area contributed by atoms with E-state index in [0.29, 0.717) is 11.3 Å². The Balaban J connectivity index is 2.09. The fourth-order valence-corrected chi connectivity index (χ4v) is 1.52. The van der Waals surface area contributed by atoms with Crippen molar-refractivity contribution in [2.24, 2.45) is 0 Å². The highest BCUT2D eigenvalue weighted by atomic mass is 19.1. The van der Waals surface area contributed by atoms with Crippen molar-refractivity contribution in [1.82, 2.24) is 4.98 Å². The molecule has 1 aromatic heterocycles. The highest BCUT2D eigenvalue weighted by Gasteiger charge is 2.08. The first-order valence-electron chi connectivity index (χ1n) is 5.46. The fraction of sp³-hybridized carbons (Fsp3) is 0.0769. The highest BCUT2D eigenvalue weighted by Crippen LogP contribution is 2.14. The molecule has 0 saturated heterocycles. The van der Waals surface area contributed by atoms with Crippen LogP contribution in [-0.4, -0.2) is 21.3 Å². The van der Waals surface area contributed by atoms with Gasteiger partial charge in [-0.05, 0) is 29.8 Å². The molecule has 2 rings (SSSR count). The van der Waals surface area contributed by atoms with Crippen molar-refractivity contribution in [2.75, 3.05) is 5.06 Å².